The molecule has 1 unspecified atom stereocenters. The molecule has 4 aromatic rings. The van der Waals surface area contributed by atoms with Crippen molar-refractivity contribution in [2.45, 2.75) is 39.7 Å². The summed E-state index contributed by atoms with van der Waals surface area (Å²) in [5.74, 6) is 1.34. The standard InChI is InChI=1S/C26H23N3OS/c1-16-5-3-8-20(11-16)24-28-25-23(21-10-9-17(2)12-22(21)31-25)26(30)29(24)15-19-7-4-6-18(13-19)14-27/h3-8,11,13,17H,9-10,12,15H2,1-2H3. The first-order chi connectivity index (χ1) is 15.0. The van der Waals surface area contributed by atoms with Gasteiger partial charge in [-0.1, -0.05) is 42.8 Å². The van der Waals surface area contributed by atoms with Crippen molar-refractivity contribution in [1.82, 2.24) is 9.55 Å². The SMILES string of the molecule is Cc1cccc(-c2nc3sc4c(c3c(=O)n2Cc2cccc(C#N)c2)CCC(C)C4)c1. The van der Waals surface area contributed by atoms with Gasteiger partial charge in [-0.05, 0) is 61.4 Å². The van der Waals surface area contributed by atoms with Crippen LogP contribution in [0, 0.1) is 24.2 Å². The van der Waals surface area contributed by atoms with E-state index < -0.39 is 0 Å². The van der Waals surface area contributed by atoms with E-state index in [4.69, 9.17) is 4.98 Å². The fraction of sp³-hybridized carbons (Fsp3) is 0.269. The highest BCUT2D eigenvalue weighted by molar-refractivity contribution is 7.18. The molecule has 4 nitrogen and oxygen atoms in total. The number of fused-ring (bicyclic) bond motifs is 3. The van der Waals surface area contributed by atoms with Crippen LogP contribution in [0.2, 0.25) is 0 Å². The van der Waals surface area contributed by atoms with Crippen molar-refractivity contribution in [3.05, 3.63) is 86.0 Å². The zero-order valence-electron chi connectivity index (χ0n) is 17.7. The third-order valence-electron chi connectivity index (χ3n) is 6.09. The maximum atomic E-state index is 13.8. The molecule has 0 bridgehead atoms. The van der Waals surface area contributed by atoms with Crippen LogP contribution >= 0.6 is 11.3 Å². The van der Waals surface area contributed by atoms with Crippen molar-refractivity contribution >= 4 is 21.6 Å². The average molecular weight is 426 g/mol. The topological polar surface area (TPSA) is 58.7 Å². The second-order valence-electron chi connectivity index (χ2n) is 8.54. The van der Waals surface area contributed by atoms with Crippen LogP contribution in [-0.2, 0) is 19.4 Å². The zero-order valence-corrected chi connectivity index (χ0v) is 18.5. The summed E-state index contributed by atoms with van der Waals surface area (Å²) >= 11 is 1.68. The highest BCUT2D eigenvalue weighted by Crippen LogP contribution is 2.36. The summed E-state index contributed by atoms with van der Waals surface area (Å²) < 4.78 is 1.79. The van der Waals surface area contributed by atoms with Crippen molar-refractivity contribution in [2.75, 3.05) is 0 Å². The van der Waals surface area contributed by atoms with Gasteiger partial charge in [0.1, 0.15) is 10.7 Å². The Hall–Kier alpha value is -3.23. The predicted molar refractivity (Wildman–Crippen MR) is 126 cm³/mol. The Kier molecular flexibility index (Phi) is 4.95. The van der Waals surface area contributed by atoms with E-state index in [0.29, 0.717) is 23.9 Å². The number of nitrogens with zero attached hydrogens (tertiary/aromatic N) is 3. The third-order valence-corrected chi connectivity index (χ3v) is 7.24. The molecule has 0 radical (unpaired) electrons. The number of aryl methyl sites for hydroxylation is 2. The number of hydrogen-bond donors (Lipinski definition) is 0. The van der Waals surface area contributed by atoms with E-state index in [-0.39, 0.29) is 5.56 Å². The Morgan fingerprint density at radius 1 is 1.23 bits per heavy atom. The summed E-state index contributed by atoms with van der Waals surface area (Å²) in [4.78, 5) is 21.0. The molecule has 1 aliphatic carbocycles. The van der Waals surface area contributed by atoms with Crippen molar-refractivity contribution in [3.63, 3.8) is 0 Å². The Morgan fingerprint density at radius 2 is 2.06 bits per heavy atom. The fourth-order valence-electron chi connectivity index (χ4n) is 4.50. The number of rotatable bonds is 3. The minimum absolute atomic E-state index is 0.0240. The molecule has 0 saturated heterocycles. The number of nitriles is 1. The van der Waals surface area contributed by atoms with Gasteiger partial charge in [0, 0.05) is 10.4 Å². The smallest absolute Gasteiger partial charge is 0.263 e. The molecule has 1 aliphatic rings. The molecular weight excluding hydrogens is 402 g/mol. The molecular formula is C26H23N3OS. The molecule has 2 aromatic heterocycles. The van der Waals surface area contributed by atoms with Gasteiger partial charge in [0.25, 0.3) is 5.56 Å². The minimum atomic E-state index is 0.0240. The van der Waals surface area contributed by atoms with Gasteiger partial charge < -0.3 is 0 Å². The van der Waals surface area contributed by atoms with Crippen LogP contribution in [0.15, 0.2) is 53.3 Å². The molecule has 0 saturated carbocycles. The molecule has 5 rings (SSSR count). The quantitative estimate of drug-likeness (QED) is 0.437. The lowest BCUT2D eigenvalue weighted by atomic mass is 9.89. The highest BCUT2D eigenvalue weighted by Gasteiger charge is 2.25. The van der Waals surface area contributed by atoms with E-state index in [9.17, 15) is 10.1 Å². The monoisotopic (exact) mass is 425 g/mol. The van der Waals surface area contributed by atoms with Crippen LogP contribution in [0.1, 0.15) is 40.5 Å². The molecule has 0 amide bonds. The fourth-order valence-corrected chi connectivity index (χ4v) is 5.87. The van der Waals surface area contributed by atoms with E-state index in [2.05, 4.69) is 19.1 Å². The van der Waals surface area contributed by atoms with E-state index >= 15 is 0 Å². The van der Waals surface area contributed by atoms with Crippen molar-refractivity contribution in [3.8, 4) is 17.5 Å². The van der Waals surface area contributed by atoms with Crippen LogP contribution < -0.4 is 5.56 Å². The van der Waals surface area contributed by atoms with Gasteiger partial charge in [0.2, 0.25) is 0 Å². The van der Waals surface area contributed by atoms with Crippen LogP contribution in [0.5, 0.6) is 0 Å². The lowest BCUT2D eigenvalue weighted by Gasteiger charge is -2.18. The Bertz CT molecular complexity index is 1410. The molecule has 0 N–H and O–H groups in total. The first kappa shape index (κ1) is 19.7. The van der Waals surface area contributed by atoms with E-state index in [1.807, 2.05) is 43.3 Å². The van der Waals surface area contributed by atoms with Crippen LogP contribution in [0.25, 0.3) is 21.6 Å². The van der Waals surface area contributed by atoms with E-state index in [1.165, 1.54) is 10.4 Å². The zero-order chi connectivity index (χ0) is 21.5. The van der Waals surface area contributed by atoms with Gasteiger partial charge in [-0.25, -0.2) is 4.98 Å². The molecule has 0 spiro atoms. The molecule has 5 heteroatoms. The van der Waals surface area contributed by atoms with Crippen molar-refractivity contribution in [2.24, 2.45) is 5.92 Å². The van der Waals surface area contributed by atoms with Gasteiger partial charge in [-0.15, -0.1) is 11.3 Å². The number of aromatic nitrogens is 2. The Balaban J connectivity index is 1.76. The average Bonchev–Trinajstić information content (AvgIpc) is 3.13. The van der Waals surface area contributed by atoms with Crippen LogP contribution in [0.4, 0.5) is 0 Å². The Morgan fingerprint density at radius 3 is 2.87 bits per heavy atom. The van der Waals surface area contributed by atoms with Gasteiger partial charge in [-0.2, -0.15) is 5.26 Å². The lowest BCUT2D eigenvalue weighted by molar-refractivity contribution is 0.509. The van der Waals surface area contributed by atoms with E-state index in [0.717, 1.165) is 46.2 Å². The first-order valence-corrected chi connectivity index (χ1v) is 11.5. The van der Waals surface area contributed by atoms with E-state index in [1.54, 1.807) is 22.0 Å². The number of thiophene rings is 1. The maximum absolute atomic E-state index is 13.8. The Labute approximate surface area is 185 Å². The van der Waals surface area contributed by atoms with Gasteiger partial charge in [0.15, 0.2) is 0 Å². The lowest BCUT2D eigenvalue weighted by Crippen LogP contribution is -2.25. The molecule has 2 heterocycles. The number of hydrogen-bond acceptors (Lipinski definition) is 4. The first-order valence-electron chi connectivity index (χ1n) is 10.6. The predicted octanol–water partition coefficient (Wildman–Crippen LogP) is 5.48. The summed E-state index contributed by atoms with van der Waals surface area (Å²) in [5, 5.41) is 10.1. The van der Waals surface area contributed by atoms with Gasteiger partial charge in [0.05, 0.1) is 23.6 Å². The maximum Gasteiger partial charge on any atom is 0.263 e. The summed E-state index contributed by atoms with van der Waals surface area (Å²) in [6, 6.07) is 17.8. The van der Waals surface area contributed by atoms with Gasteiger partial charge >= 0.3 is 0 Å². The molecule has 0 fully saturated rings. The van der Waals surface area contributed by atoms with Crippen molar-refractivity contribution in [1.29, 1.82) is 5.26 Å². The molecule has 31 heavy (non-hydrogen) atoms. The van der Waals surface area contributed by atoms with Crippen LogP contribution in [-0.4, -0.2) is 9.55 Å². The molecule has 154 valence electrons. The second-order valence-corrected chi connectivity index (χ2v) is 9.62. The minimum Gasteiger partial charge on any atom is -0.288 e. The normalized spacial score (nSPS) is 15.6. The second kappa shape index (κ2) is 7.79. The summed E-state index contributed by atoms with van der Waals surface area (Å²) in [6.45, 7) is 4.72. The number of benzene rings is 2. The largest absolute Gasteiger partial charge is 0.288 e. The highest BCUT2D eigenvalue weighted by atomic mass is 32.1. The molecule has 0 aliphatic heterocycles. The van der Waals surface area contributed by atoms with Gasteiger partial charge in [-0.3, -0.25) is 9.36 Å². The third kappa shape index (κ3) is 3.58. The van der Waals surface area contributed by atoms with Crippen LogP contribution in [0.3, 0.4) is 0 Å². The van der Waals surface area contributed by atoms with Crippen molar-refractivity contribution < 1.29 is 0 Å². The molecule has 1 atom stereocenters. The summed E-state index contributed by atoms with van der Waals surface area (Å²) in [7, 11) is 0. The molecule has 2 aromatic carbocycles. The summed E-state index contributed by atoms with van der Waals surface area (Å²) in [6.07, 6.45) is 3.09. The summed E-state index contributed by atoms with van der Waals surface area (Å²) in [5.41, 5.74) is 4.81.